The van der Waals surface area contributed by atoms with Crippen molar-refractivity contribution < 1.29 is 9.90 Å². The smallest absolute Gasteiger partial charge is 0.223 e. The van der Waals surface area contributed by atoms with Gasteiger partial charge in [-0.2, -0.15) is 0 Å². The number of amides is 1. The Hall–Kier alpha value is -0.390. The lowest BCUT2D eigenvalue weighted by Crippen LogP contribution is -2.35. The lowest BCUT2D eigenvalue weighted by atomic mass is 9.87. The van der Waals surface area contributed by atoms with Crippen LogP contribution in [-0.4, -0.2) is 23.7 Å². The number of aliphatic hydroxyl groups excluding tert-OH is 1. The van der Waals surface area contributed by atoms with E-state index in [2.05, 4.69) is 27.3 Å². The van der Waals surface area contributed by atoms with Crippen LogP contribution in [-0.2, 0) is 11.2 Å². The molecule has 1 fully saturated rings. The molecule has 0 bridgehead atoms. The van der Waals surface area contributed by atoms with E-state index in [1.165, 1.54) is 4.88 Å². The summed E-state index contributed by atoms with van der Waals surface area (Å²) in [7, 11) is 0. The van der Waals surface area contributed by atoms with Crippen molar-refractivity contribution in [2.24, 2.45) is 5.92 Å². The second kappa shape index (κ2) is 6.68. The first-order valence-electron chi connectivity index (χ1n) is 6.35. The molecule has 3 nitrogen and oxygen atoms in total. The SMILES string of the molecule is O=C(NCCc1ccc(Br)s1)C1CCC(O)CC1. The summed E-state index contributed by atoms with van der Waals surface area (Å²) in [4.78, 5) is 13.2. The second-order valence-corrected chi connectivity index (χ2v) is 7.30. The first-order chi connectivity index (χ1) is 8.65. The molecule has 0 unspecified atom stereocenters. The maximum absolute atomic E-state index is 11.9. The molecule has 1 saturated carbocycles. The minimum absolute atomic E-state index is 0.100. The number of thiophene rings is 1. The minimum atomic E-state index is -0.197. The molecule has 1 heterocycles. The standard InChI is InChI=1S/C13H18BrNO2S/c14-12-6-5-11(18-12)7-8-15-13(17)9-1-3-10(16)4-2-9/h5-6,9-10,16H,1-4,7-8H2,(H,15,17). The Morgan fingerprint density at radius 3 is 2.72 bits per heavy atom. The maximum Gasteiger partial charge on any atom is 0.223 e. The van der Waals surface area contributed by atoms with Gasteiger partial charge in [0.15, 0.2) is 0 Å². The van der Waals surface area contributed by atoms with E-state index in [-0.39, 0.29) is 17.9 Å². The molecule has 1 amide bonds. The van der Waals surface area contributed by atoms with E-state index >= 15 is 0 Å². The number of aliphatic hydroxyl groups is 1. The molecule has 1 aliphatic rings. The number of hydrogen-bond acceptors (Lipinski definition) is 3. The van der Waals surface area contributed by atoms with Gasteiger partial charge in [-0.1, -0.05) is 0 Å². The van der Waals surface area contributed by atoms with Gasteiger partial charge in [-0.3, -0.25) is 4.79 Å². The first kappa shape index (κ1) is 14.0. The predicted octanol–water partition coefficient (Wildman–Crippen LogP) is 2.72. The predicted molar refractivity (Wildman–Crippen MR) is 76.7 cm³/mol. The zero-order valence-corrected chi connectivity index (χ0v) is 12.6. The minimum Gasteiger partial charge on any atom is -0.393 e. The third-order valence-corrected chi connectivity index (χ3v) is 5.05. The summed E-state index contributed by atoms with van der Waals surface area (Å²) in [6, 6.07) is 4.11. The van der Waals surface area contributed by atoms with Crippen LogP contribution in [0.25, 0.3) is 0 Å². The number of carbonyl (C=O) groups is 1. The van der Waals surface area contributed by atoms with Crippen molar-refractivity contribution in [1.29, 1.82) is 0 Å². The van der Waals surface area contributed by atoms with Crippen molar-refractivity contribution in [1.82, 2.24) is 5.32 Å². The van der Waals surface area contributed by atoms with Crippen LogP contribution in [0.15, 0.2) is 15.9 Å². The van der Waals surface area contributed by atoms with Crippen molar-refractivity contribution in [2.45, 2.75) is 38.2 Å². The topological polar surface area (TPSA) is 49.3 Å². The summed E-state index contributed by atoms with van der Waals surface area (Å²) in [5, 5.41) is 12.4. The lowest BCUT2D eigenvalue weighted by Gasteiger charge is -2.24. The highest BCUT2D eigenvalue weighted by Gasteiger charge is 2.24. The molecule has 2 rings (SSSR count). The Labute approximate surface area is 120 Å². The van der Waals surface area contributed by atoms with Crippen molar-refractivity contribution >= 4 is 33.2 Å². The van der Waals surface area contributed by atoms with Gasteiger partial charge < -0.3 is 10.4 Å². The van der Waals surface area contributed by atoms with Crippen LogP contribution < -0.4 is 5.32 Å². The number of nitrogens with one attached hydrogen (secondary N) is 1. The Kier molecular flexibility index (Phi) is 5.21. The molecule has 1 aromatic heterocycles. The van der Waals surface area contributed by atoms with Gasteiger partial charge in [0.05, 0.1) is 9.89 Å². The molecule has 0 radical (unpaired) electrons. The Morgan fingerprint density at radius 2 is 2.11 bits per heavy atom. The molecule has 0 spiro atoms. The van der Waals surface area contributed by atoms with Gasteiger partial charge in [0.1, 0.15) is 0 Å². The van der Waals surface area contributed by atoms with E-state index in [1.54, 1.807) is 11.3 Å². The second-order valence-electron chi connectivity index (χ2n) is 4.75. The monoisotopic (exact) mass is 331 g/mol. The van der Waals surface area contributed by atoms with Gasteiger partial charge in [-0.15, -0.1) is 11.3 Å². The average molecular weight is 332 g/mol. The Morgan fingerprint density at radius 1 is 1.39 bits per heavy atom. The maximum atomic E-state index is 11.9. The van der Waals surface area contributed by atoms with E-state index in [0.29, 0.717) is 6.54 Å². The molecule has 5 heteroatoms. The summed E-state index contributed by atoms with van der Waals surface area (Å²) >= 11 is 5.14. The highest BCUT2D eigenvalue weighted by molar-refractivity contribution is 9.11. The zero-order chi connectivity index (χ0) is 13.0. The fourth-order valence-electron chi connectivity index (χ4n) is 2.28. The molecule has 0 saturated heterocycles. The van der Waals surface area contributed by atoms with Gasteiger partial charge >= 0.3 is 0 Å². The largest absolute Gasteiger partial charge is 0.393 e. The molecule has 100 valence electrons. The number of rotatable bonds is 4. The van der Waals surface area contributed by atoms with Crippen LogP contribution in [0, 0.1) is 5.92 Å². The van der Waals surface area contributed by atoms with E-state index in [9.17, 15) is 9.90 Å². The van der Waals surface area contributed by atoms with Gasteiger partial charge in [0.25, 0.3) is 0 Å². The van der Waals surface area contributed by atoms with Crippen LogP contribution in [0.1, 0.15) is 30.6 Å². The molecule has 0 aliphatic heterocycles. The fourth-order valence-corrected chi connectivity index (χ4v) is 3.76. The quantitative estimate of drug-likeness (QED) is 0.891. The van der Waals surface area contributed by atoms with E-state index in [4.69, 9.17) is 0 Å². The van der Waals surface area contributed by atoms with Crippen LogP contribution in [0.4, 0.5) is 0 Å². The fraction of sp³-hybridized carbons (Fsp3) is 0.615. The zero-order valence-electron chi connectivity index (χ0n) is 10.2. The molecule has 1 aliphatic carbocycles. The highest BCUT2D eigenvalue weighted by atomic mass is 79.9. The molecule has 0 aromatic carbocycles. The van der Waals surface area contributed by atoms with Gasteiger partial charge in [-0.05, 0) is 60.2 Å². The molecule has 18 heavy (non-hydrogen) atoms. The van der Waals surface area contributed by atoms with E-state index in [1.807, 2.05) is 6.07 Å². The molecular weight excluding hydrogens is 314 g/mol. The molecular formula is C13H18BrNO2S. The number of carbonyl (C=O) groups excluding carboxylic acids is 1. The molecule has 1 aromatic rings. The molecule has 0 atom stereocenters. The average Bonchev–Trinajstić information content (AvgIpc) is 2.76. The Bertz CT molecular complexity index is 399. The lowest BCUT2D eigenvalue weighted by molar-refractivity contribution is -0.126. The summed E-state index contributed by atoms with van der Waals surface area (Å²) in [6.45, 7) is 0.699. The highest BCUT2D eigenvalue weighted by Crippen LogP contribution is 2.24. The first-order valence-corrected chi connectivity index (χ1v) is 7.96. The van der Waals surface area contributed by atoms with E-state index in [0.717, 1.165) is 35.9 Å². The summed E-state index contributed by atoms with van der Waals surface area (Å²) in [6.07, 6.45) is 3.84. The van der Waals surface area contributed by atoms with Crippen molar-refractivity contribution in [3.8, 4) is 0 Å². The third kappa shape index (κ3) is 4.07. The van der Waals surface area contributed by atoms with Crippen molar-refractivity contribution in [3.63, 3.8) is 0 Å². The van der Waals surface area contributed by atoms with Gasteiger partial charge in [0, 0.05) is 17.3 Å². The van der Waals surface area contributed by atoms with Crippen molar-refractivity contribution in [2.75, 3.05) is 6.54 Å². The van der Waals surface area contributed by atoms with E-state index < -0.39 is 0 Å². The number of hydrogen-bond donors (Lipinski definition) is 2. The summed E-state index contributed by atoms with van der Waals surface area (Å²) in [5.74, 6) is 0.251. The van der Waals surface area contributed by atoms with Crippen LogP contribution in [0.5, 0.6) is 0 Å². The normalized spacial score (nSPS) is 23.9. The number of halogens is 1. The third-order valence-electron chi connectivity index (χ3n) is 3.37. The van der Waals surface area contributed by atoms with Gasteiger partial charge in [-0.25, -0.2) is 0 Å². The van der Waals surface area contributed by atoms with Gasteiger partial charge in [0.2, 0.25) is 5.91 Å². The van der Waals surface area contributed by atoms with Crippen LogP contribution in [0.2, 0.25) is 0 Å². The molecule has 2 N–H and O–H groups in total. The summed E-state index contributed by atoms with van der Waals surface area (Å²) < 4.78 is 1.13. The van der Waals surface area contributed by atoms with Crippen LogP contribution in [0.3, 0.4) is 0 Å². The van der Waals surface area contributed by atoms with Crippen LogP contribution >= 0.6 is 27.3 Å². The summed E-state index contributed by atoms with van der Waals surface area (Å²) in [5.41, 5.74) is 0. The Balaban J connectivity index is 1.68. The van der Waals surface area contributed by atoms with Crippen molar-refractivity contribution in [3.05, 3.63) is 20.8 Å².